The third kappa shape index (κ3) is 9.91. The highest BCUT2D eigenvalue weighted by molar-refractivity contribution is 5.93. The molecule has 0 aromatic heterocycles. The van der Waals surface area contributed by atoms with Gasteiger partial charge >= 0.3 is 6.09 Å². The Hall–Kier alpha value is -3.35. The lowest BCUT2D eigenvalue weighted by Crippen LogP contribution is -2.60. The van der Waals surface area contributed by atoms with Crippen LogP contribution in [0.25, 0.3) is 0 Å². The van der Waals surface area contributed by atoms with Crippen LogP contribution in [0.5, 0.6) is 0 Å². The Balaban J connectivity index is 2.68. The molecule has 226 valence electrons. The molecule has 2 aromatic rings. The molecule has 0 aliphatic rings. The third-order valence-corrected chi connectivity index (χ3v) is 7.49. The molecule has 2 aromatic carbocycles. The molecule has 0 spiro atoms. The van der Waals surface area contributed by atoms with E-state index in [4.69, 9.17) is 4.74 Å². The summed E-state index contributed by atoms with van der Waals surface area (Å²) in [5, 5.41) is 6.00. The Kier molecular flexibility index (Phi) is 12.0. The fraction of sp³-hybridized carbons (Fsp3) is 0.559. The number of amides is 3. The highest BCUT2D eigenvalue weighted by Gasteiger charge is 2.43. The minimum absolute atomic E-state index is 0.0526. The summed E-state index contributed by atoms with van der Waals surface area (Å²) >= 11 is 0. The molecule has 3 atom stereocenters. The van der Waals surface area contributed by atoms with Crippen LogP contribution in [0.1, 0.15) is 103 Å². The predicted octanol–water partition coefficient (Wildman–Crippen LogP) is 6.80. The largest absolute Gasteiger partial charge is 0.444 e. The fourth-order valence-electron chi connectivity index (χ4n) is 4.79. The molecular formula is C34H51N3O4. The van der Waals surface area contributed by atoms with Crippen molar-refractivity contribution >= 4 is 17.9 Å². The second-order valence-corrected chi connectivity index (χ2v) is 12.7. The van der Waals surface area contributed by atoms with E-state index in [0.717, 1.165) is 35.1 Å². The Morgan fingerprint density at radius 3 is 2.07 bits per heavy atom. The van der Waals surface area contributed by atoms with E-state index in [0.29, 0.717) is 6.42 Å². The van der Waals surface area contributed by atoms with Gasteiger partial charge < -0.3 is 20.3 Å². The van der Waals surface area contributed by atoms with Gasteiger partial charge in [0.2, 0.25) is 11.8 Å². The highest BCUT2D eigenvalue weighted by atomic mass is 16.6. The van der Waals surface area contributed by atoms with Gasteiger partial charge in [0.1, 0.15) is 17.7 Å². The van der Waals surface area contributed by atoms with Gasteiger partial charge in [-0.1, -0.05) is 68.8 Å². The number of ether oxygens (including phenoxy) is 1. The van der Waals surface area contributed by atoms with Gasteiger partial charge in [-0.25, -0.2) is 4.79 Å². The molecule has 0 heterocycles. The van der Waals surface area contributed by atoms with E-state index in [-0.39, 0.29) is 24.3 Å². The third-order valence-electron chi connectivity index (χ3n) is 7.49. The minimum Gasteiger partial charge on any atom is -0.444 e. The van der Waals surface area contributed by atoms with Crippen LogP contribution >= 0.6 is 0 Å². The van der Waals surface area contributed by atoms with Gasteiger partial charge in [0.25, 0.3) is 0 Å². The van der Waals surface area contributed by atoms with Crippen LogP contribution in [-0.4, -0.2) is 46.0 Å². The molecule has 7 heteroatoms. The molecule has 3 amide bonds. The number of aryl methyl sites for hydroxylation is 2. The standard InChI is InChI=1S/C34H51N3O4/c1-11-16-25(5)35-30(38)29(27-20-19-23(3)24(4)21-27)37(34(9,10)12-2)31(39)28(22-26-17-14-13-15-18-26)36-32(40)41-33(6,7)8/h13-15,17-21,25,28-29H,11-12,16,22H2,1-10H3,(H,35,38)(H,36,40). The van der Waals surface area contributed by atoms with Crippen molar-refractivity contribution in [3.8, 4) is 0 Å². The van der Waals surface area contributed by atoms with Gasteiger partial charge in [0, 0.05) is 18.0 Å². The first-order valence-corrected chi connectivity index (χ1v) is 14.8. The summed E-state index contributed by atoms with van der Waals surface area (Å²) in [5.41, 5.74) is 2.32. The number of benzene rings is 2. The van der Waals surface area contributed by atoms with Crippen LogP contribution in [0.4, 0.5) is 4.79 Å². The summed E-state index contributed by atoms with van der Waals surface area (Å²) in [5.74, 6) is -0.576. The SMILES string of the molecule is CCCC(C)NC(=O)C(c1ccc(C)c(C)c1)N(C(=O)C(Cc1ccccc1)NC(=O)OC(C)(C)C)C(C)(C)CC. The topological polar surface area (TPSA) is 87.7 Å². The maximum Gasteiger partial charge on any atom is 0.408 e. The predicted molar refractivity (Wildman–Crippen MR) is 166 cm³/mol. The van der Waals surface area contributed by atoms with Gasteiger partial charge in [0.05, 0.1) is 0 Å². The van der Waals surface area contributed by atoms with E-state index in [1.165, 1.54) is 0 Å². The van der Waals surface area contributed by atoms with Crippen molar-refractivity contribution in [2.75, 3.05) is 0 Å². The second-order valence-electron chi connectivity index (χ2n) is 12.7. The van der Waals surface area contributed by atoms with E-state index < -0.39 is 29.3 Å². The summed E-state index contributed by atoms with van der Waals surface area (Å²) in [4.78, 5) is 43.5. The van der Waals surface area contributed by atoms with E-state index >= 15 is 0 Å². The van der Waals surface area contributed by atoms with Gasteiger partial charge in [0.15, 0.2) is 0 Å². The minimum atomic E-state index is -0.951. The van der Waals surface area contributed by atoms with E-state index in [2.05, 4.69) is 17.6 Å². The van der Waals surface area contributed by atoms with E-state index in [1.54, 1.807) is 25.7 Å². The van der Waals surface area contributed by atoms with E-state index in [9.17, 15) is 14.4 Å². The van der Waals surface area contributed by atoms with Crippen molar-refractivity contribution in [2.45, 2.75) is 124 Å². The average Bonchev–Trinajstić information content (AvgIpc) is 2.87. The van der Waals surface area contributed by atoms with Gasteiger partial charge in [-0.3, -0.25) is 9.59 Å². The molecule has 2 N–H and O–H groups in total. The van der Waals surface area contributed by atoms with E-state index in [1.807, 2.05) is 90.1 Å². The summed E-state index contributed by atoms with van der Waals surface area (Å²) in [7, 11) is 0. The number of hydrogen-bond donors (Lipinski definition) is 2. The molecule has 0 aliphatic heterocycles. The number of carbonyl (C=O) groups is 3. The van der Waals surface area contributed by atoms with Gasteiger partial charge in [-0.05, 0) is 90.5 Å². The summed E-state index contributed by atoms with van der Waals surface area (Å²) < 4.78 is 5.55. The average molecular weight is 566 g/mol. The zero-order chi connectivity index (χ0) is 31.0. The van der Waals surface area contributed by atoms with Crippen LogP contribution in [0.2, 0.25) is 0 Å². The molecule has 0 radical (unpaired) electrons. The first-order valence-electron chi connectivity index (χ1n) is 14.8. The lowest BCUT2D eigenvalue weighted by molar-refractivity contribution is -0.149. The second kappa shape index (κ2) is 14.5. The fourth-order valence-corrected chi connectivity index (χ4v) is 4.79. The van der Waals surface area contributed by atoms with Crippen molar-refractivity contribution in [1.29, 1.82) is 0 Å². The first kappa shape index (κ1) is 33.9. The molecule has 0 bridgehead atoms. The smallest absolute Gasteiger partial charge is 0.408 e. The van der Waals surface area contributed by atoms with Crippen LogP contribution in [-0.2, 0) is 20.7 Å². The van der Waals surface area contributed by atoms with Crippen molar-refractivity contribution in [1.82, 2.24) is 15.5 Å². The maximum absolute atomic E-state index is 14.7. The number of carbonyl (C=O) groups excluding carboxylic acids is 3. The van der Waals surface area contributed by atoms with Crippen molar-refractivity contribution in [3.63, 3.8) is 0 Å². The molecule has 3 unspecified atom stereocenters. The van der Waals surface area contributed by atoms with Crippen LogP contribution in [0.15, 0.2) is 48.5 Å². The maximum atomic E-state index is 14.7. The lowest BCUT2D eigenvalue weighted by atomic mass is 9.90. The molecule has 2 rings (SSSR count). The number of nitrogens with one attached hydrogen (secondary N) is 2. The van der Waals surface area contributed by atoms with Crippen molar-refractivity contribution < 1.29 is 19.1 Å². The van der Waals surface area contributed by atoms with Crippen molar-refractivity contribution in [3.05, 3.63) is 70.8 Å². The Morgan fingerprint density at radius 2 is 1.54 bits per heavy atom. The monoisotopic (exact) mass is 565 g/mol. The molecular weight excluding hydrogens is 514 g/mol. The highest BCUT2D eigenvalue weighted by Crippen LogP contribution is 2.33. The van der Waals surface area contributed by atoms with Gasteiger partial charge in [-0.15, -0.1) is 0 Å². The molecule has 0 saturated carbocycles. The van der Waals surface area contributed by atoms with Crippen LogP contribution in [0.3, 0.4) is 0 Å². The van der Waals surface area contributed by atoms with Crippen LogP contribution < -0.4 is 10.6 Å². The first-order chi connectivity index (χ1) is 19.1. The van der Waals surface area contributed by atoms with Crippen molar-refractivity contribution in [2.24, 2.45) is 0 Å². The molecule has 0 aliphatic carbocycles. The Morgan fingerprint density at radius 1 is 0.902 bits per heavy atom. The number of alkyl carbamates (subject to hydrolysis) is 1. The summed E-state index contributed by atoms with van der Waals surface area (Å²) in [6, 6.07) is 13.6. The number of rotatable bonds is 12. The van der Waals surface area contributed by atoms with Crippen LogP contribution in [0, 0.1) is 13.8 Å². The zero-order valence-corrected chi connectivity index (χ0v) is 26.8. The molecule has 7 nitrogen and oxygen atoms in total. The summed E-state index contributed by atoms with van der Waals surface area (Å²) in [6.07, 6.45) is 1.93. The Labute approximate surface area is 247 Å². The summed E-state index contributed by atoms with van der Waals surface area (Å²) in [6.45, 7) is 19.4. The molecule has 0 saturated heterocycles. The van der Waals surface area contributed by atoms with Gasteiger partial charge in [-0.2, -0.15) is 0 Å². The molecule has 41 heavy (non-hydrogen) atoms. The number of nitrogens with zero attached hydrogens (tertiary/aromatic N) is 1. The normalized spacial score (nSPS) is 14.0. The lowest BCUT2D eigenvalue weighted by Gasteiger charge is -2.45. The zero-order valence-electron chi connectivity index (χ0n) is 26.8. The number of hydrogen-bond acceptors (Lipinski definition) is 4. The molecule has 0 fully saturated rings. The quantitative estimate of drug-likeness (QED) is 0.296. The Bertz CT molecular complexity index is 1170.